The number of benzene rings is 1. The van der Waals surface area contributed by atoms with E-state index in [2.05, 4.69) is 0 Å². The molecule has 2 saturated carbocycles. The van der Waals surface area contributed by atoms with Gasteiger partial charge in [-0.05, 0) is 37.8 Å². The normalized spacial score (nSPS) is 20.9. The van der Waals surface area contributed by atoms with Gasteiger partial charge in [-0.3, -0.25) is 8.37 Å². The van der Waals surface area contributed by atoms with Crippen molar-refractivity contribution in [2.75, 3.05) is 0 Å². The van der Waals surface area contributed by atoms with Gasteiger partial charge in [0.05, 0.1) is 12.2 Å². The van der Waals surface area contributed by atoms with E-state index in [0.717, 1.165) is 38.5 Å². The summed E-state index contributed by atoms with van der Waals surface area (Å²) in [4.78, 5) is -0.664. The van der Waals surface area contributed by atoms with Crippen LogP contribution in [0.2, 0.25) is 0 Å². The molecule has 1 aromatic carbocycles. The van der Waals surface area contributed by atoms with Gasteiger partial charge in [0, 0.05) is 0 Å². The third kappa shape index (κ3) is 4.85. The van der Waals surface area contributed by atoms with Crippen LogP contribution in [0.5, 0.6) is 0 Å². The molecule has 26 heavy (non-hydrogen) atoms. The Balaban J connectivity index is 1.84. The highest BCUT2D eigenvalue weighted by molar-refractivity contribution is 7.90. The fraction of sp³-hybridized carbons (Fsp3) is 0.667. The van der Waals surface area contributed by atoms with Gasteiger partial charge >= 0.3 is 0 Å². The molecule has 0 unspecified atom stereocenters. The maximum atomic E-state index is 12.7. The SMILES string of the molecule is O=S(=O)(OC1CCCCC1)c1ccccc1S(=O)(=O)OC1CCCCC1. The maximum absolute atomic E-state index is 12.7. The second-order valence-corrected chi connectivity index (χ2v) is 10.1. The van der Waals surface area contributed by atoms with Crippen molar-refractivity contribution in [3.8, 4) is 0 Å². The third-order valence-corrected chi connectivity index (χ3v) is 7.99. The van der Waals surface area contributed by atoms with Crippen LogP contribution in [0.4, 0.5) is 0 Å². The Morgan fingerprint density at radius 2 is 0.962 bits per heavy atom. The zero-order valence-electron chi connectivity index (χ0n) is 14.8. The van der Waals surface area contributed by atoms with Crippen molar-refractivity contribution in [2.24, 2.45) is 0 Å². The zero-order chi connectivity index (χ0) is 18.6. The Bertz CT molecular complexity index is 735. The van der Waals surface area contributed by atoms with Crippen molar-refractivity contribution >= 4 is 20.2 Å². The van der Waals surface area contributed by atoms with Crippen molar-refractivity contribution in [1.29, 1.82) is 0 Å². The predicted molar refractivity (Wildman–Crippen MR) is 96.7 cm³/mol. The van der Waals surface area contributed by atoms with E-state index in [-0.39, 0.29) is 22.0 Å². The molecule has 2 fully saturated rings. The van der Waals surface area contributed by atoms with Crippen molar-refractivity contribution < 1.29 is 25.2 Å². The highest BCUT2D eigenvalue weighted by Crippen LogP contribution is 2.30. The summed E-state index contributed by atoms with van der Waals surface area (Å²) in [5.74, 6) is 0. The molecule has 1 aromatic rings. The van der Waals surface area contributed by atoms with Gasteiger partial charge in [0.1, 0.15) is 9.79 Å². The summed E-state index contributed by atoms with van der Waals surface area (Å²) in [5, 5.41) is 0. The van der Waals surface area contributed by atoms with Crippen LogP contribution in [0, 0.1) is 0 Å². The second kappa shape index (κ2) is 8.37. The minimum absolute atomic E-state index is 0.332. The van der Waals surface area contributed by atoms with Gasteiger partial charge in [0.2, 0.25) is 0 Å². The second-order valence-electron chi connectivity index (χ2n) is 7.07. The lowest BCUT2D eigenvalue weighted by Gasteiger charge is -2.23. The Morgan fingerprint density at radius 1 is 0.615 bits per heavy atom. The summed E-state index contributed by atoms with van der Waals surface area (Å²) in [6.07, 6.45) is 7.75. The van der Waals surface area contributed by atoms with Gasteiger partial charge in [-0.1, -0.05) is 50.7 Å². The lowest BCUT2D eigenvalue weighted by molar-refractivity contribution is 0.158. The first kappa shape index (κ1) is 19.8. The van der Waals surface area contributed by atoms with E-state index < -0.39 is 20.2 Å². The van der Waals surface area contributed by atoms with Crippen molar-refractivity contribution in [1.82, 2.24) is 0 Å². The highest BCUT2D eigenvalue weighted by Gasteiger charge is 2.32. The van der Waals surface area contributed by atoms with Crippen LogP contribution in [0.3, 0.4) is 0 Å². The fourth-order valence-corrected chi connectivity index (χ4v) is 6.69. The van der Waals surface area contributed by atoms with E-state index in [1.165, 1.54) is 24.3 Å². The first-order valence-corrected chi connectivity index (χ1v) is 12.2. The first-order valence-electron chi connectivity index (χ1n) is 9.34. The van der Waals surface area contributed by atoms with Gasteiger partial charge in [-0.25, -0.2) is 0 Å². The third-order valence-electron chi connectivity index (χ3n) is 5.02. The molecule has 6 nitrogen and oxygen atoms in total. The molecule has 3 rings (SSSR count). The molecule has 2 aliphatic rings. The predicted octanol–water partition coefficient (Wildman–Crippen LogP) is 3.76. The molecular formula is C18H26O6S2. The maximum Gasteiger partial charge on any atom is 0.298 e. The molecule has 0 aliphatic heterocycles. The van der Waals surface area contributed by atoms with E-state index in [9.17, 15) is 16.8 Å². The molecule has 0 atom stereocenters. The van der Waals surface area contributed by atoms with E-state index in [0.29, 0.717) is 25.7 Å². The summed E-state index contributed by atoms with van der Waals surface area (Å²) < 4.78 is 61.6. The quantitative estimate of drug-likeness (QED) is 0.673. The molecule has 0 N–H and O–H groups in total. The topological polar surface area (TPSA) is 86.7 Å². The van der Waals surface area contributed by atoms with E-state index in [1.807, 2.05) is 0 Å². The van der Waals surface area contributed by atoms with Crippen LogP contribution >= 0.6 is 0 Å². The number of hydrogen-bond donors (Lipinski definition) is 0. The molecule has 0 radical (unpaired) electrons. The van der Waals surface area contributed by atoms with Crippen molar-refractivity contribution in [2.45, 2.75) is 86.2 Å². The molecule has 0 heterocycles. The summed E-state index contributed by atoms with van der Waals surface area (Å²) in [7, 11) is -8.35. The molecule has 2 aliphatic carbocycles. The van der Waals surface area contributed by atoms with Crippen LogP contribution in [0.1, 0.15) is 64.2 Å². The van der Waals surface area contributed by atoms with E-state index in [1.54, 1.807) is 0 Å². The summed E-state index contributed by atoms with van der Waals surface area (Å²) in [6, 6.07) is 5.54. The number of hydrogen-bond acceptors (Lipinski definition) is 6. The molecule has 0 aromatic heterocycles. The highest BCUT2D eigenvalue weighted by atomic mass is 32.2. The Labute approximate surface area is 156 Å². The summed E-state index contributed by atoms with van der Waals surface area (Å²) in [5.41, 5.74) is 0. The van der Waals surface area contributed by atoms with Crippen LogP contribution in [-0.2, 0) is 28.6 Å². The lowest BCUT2D eigenvalue weighted by atomic mass is 9.98. The molecule has 0 amide bonds. The monoisotopic (exact) mass is 402 g/mol. The Kier molecular flexibility index (Phi) is 6.37. The van der Waals surface area contributed by atoms with Crippen molar-refractivity contribution in [3.63, 3.8) is 0 Å². The molecule has 0 bridgehead atoms. The molecule has 146 valence electrons. The van der Waals surface area contributed by atoms with Crippen LogP contribution in [0.15, 0.2) is 34.1 Å². The van der Waals surface area contributed by atoms with E-state index in [4.69, 9.17) is 8.37 Å². The Morgan fingerprint density at radius 3 is 1.31 bits per heavy atom. The van der Waals surface area contributed by atoms with Crippen LogP contribution < -0.4 is 0 Å². The molecule has 8 heteroatoms. The standard InChI is InChI=1S/C18H26O6S2/c19-25(20,23-15-9-3-1-4-10-15)17-13-7-8-14-18(17)26(21,22)24-16-11-5-2-6-12-16/h7-8,13-16H,1-6,9-12H2. The molecule has 0 saturated heterocycles. The van der Waals surface area contributed by atoms with Gasteiger partial charge in [0.15, 0.2) is 0 Å². The van der Waals surface area contributed by atoms with Crippen LogP contribution in [-0.4, -0.2) is 29.0 Å². The van der Waals surface area contributed by atoms with Gasteiger partial charge in [-0.2, -0.15) is 16.8 Å². The first-order chi connectivity index (χ1) is 12.4. The molecular weight excluding hydrogens is 376 g/mol. The molecule has 0 spiro atoms. The smallest absolute Gasteiger partial charge is 0.263 e. The minimum Gasteiger partial charge on any atom is -0.263 e. The lowest BCUT2D eigenvalue weighted by Crippen LogP contribution is -2.24. The number of rotatable bonds is 6. The zero-order valence-corrected chi connectivity index (χ0v) is 16.4. The Hall–Kier alpha value is -0.960. The minimum atomic E-state index is -4.17. The van der Waals surface area contributed by atoms with E-state index >= 15 is 0 Å². The van der Waals surface area contributed by atoms with Gasteiger partial charge in [0.25, 0.3) is 20.2 Å². The largest absolute Gasteiger partial charge is 0.298 e. The summed E-state index contributed by atoms with van der Waals surface area (Å²) >= 11 is 0. The van der Waals surface area contributed by atoms with Crippen LogP contribution in [0.25, 0.3) is 0 Å². The summed E-state index contributed by atoms with van der Waals surface area (Å²) in [6.45, 7) is 0. The van der Waals surface area contributed by atoms with Gasteiger partial charge < -0.3 is 0 Å². The fourth-order valence-electron chi connectivity index (χ4n) is 3.65. The average molecular weight is 403 g/mol. The van der Waals surface area contributed by atoms with Gasteiger partial charge in [-0.15, -0.1) is 0 Å². The van der Waals surface area contributed by atoms with Crippen molar-refractivity contribution in [3.05, 3.63) is 24.3 Å². The average Bonchev–Trinajstić information content (AvgIpc) is 2.63.